The van der Waals surface area contributed by atoms with Gasteiger partial charge in [-0.3, -0.25) is 19.0 Å². The minimum Gasteiger partial charge on any atom is -0.503 e. The quantitative estimate of drug-likeness (QED) is 0.465. The SMILES string of the molecule is Cc1c(C(C)C(=O)NCC(C)C(=O)O)c2c(F)c(O)c(F)cc2n1C(=O)c1ccc(F)c(F)c1. The number of rotatable bonds is 6. The number of nitrogens with zero attached hydrogens (tertiary/aromatic N) is 1. The average Bonchev–Trinajstić information content (AvgIpc) is 3.07. The van der Waals surface area contributed by atoms with Crippen LogP contribution in [0.5, 0.6) is 5.75 Å². The summed E-state index contributed by atoms with van der Waals surface area (Å²) < 4.78 is 57.1. The highest BCUT2D eigenvalue weighted by molar-refractivity contribution is 6.06. The molecule has 0 bridgehead atoms. The molecule has 3 aromatic rings. The molecule has 2 atom stereocenters. The Bertz CT molecular complexity index is 1340. The van der Waals surface area contributed by atoms with Crippen molar-refractivity contribution in [1.29, 1.82) is 0 Å². The van der Waals surface area contributed by atoms with Gasteiger partial charge >= 0.3 is 5.97 Å². The zero-order valence-corrected chi connectivity index (χ0v) is 18.2. The number of carbonyl (C=O) groups is 3. The van der Waals surface area contributed by atoms with Crippen LogP contribution in [0.4, 0.5) is 17.6 Å². The molecule has 0 fully saturated rings. The number of phenolic OH excluding ortho intramolecular Hbond substituents is 1. The molecule has 2 aromatic carbocycles. The fraction of sp³-hybridized carbons (Fsp3) is 0.261. The van der Waals surface area contributed by atoms with Gasteiger partial charge in [-0.05, 0) is 37.6 Å². The van der Waals surface area contributed by atoms with E-state index in [1.165, 1.54) is 20.8 Å². The molecule has 0 saturated heterocycles. The first kappa shape index (κ1) is 24.7. The van der Waals surface area contributed by atoms with Crippen LogP contribution in [0.1, 0.15) is 41.4 Å². The summed E-state index contributed by atoms with van der Waals surface area (Å²) >= 11 is 0. The lowest BCUT2D eigenvalue weighted by atomic mass is 9.96. The Kier molecular flexibility index (Phi) is 6.67. The van der Waals surface area contributed by atoms with Crippen LogP contribution in [0.25, 0.3) is 10.9 Å². The normalized spacial score (nSPS) is 13.0. The largest absolute Gasteiger partial charge is 0.503 e. The monoisotopic (exact) mass is 480 g/mol. The van der Waals surface area contributed by atoms with Crippen molar-refractivity contribution in [2.75, 3.05) is 6.54 Å². The number of carboxylic acid groups (broad SMARTS) is 1. The van der Waals surface area contributed by atoms with Gasteiger partial charge in [0.25, 0.3) is 5.91 Å². The molecule has 34 heavy (non-hydrogen) atoms. The van der Waals surface area contributed by atoms with Gasteiger partial charge in [-0.15, -0.1) is 0 Å². The number of hydrogen-bond acceptors (Lipinski definition) is 4. The van der Waals surface area contributed by atoms with E-state index in [0.717, 1.165) is 16.7 Å². The van der Waals surface area contributed by atoms with Crippen LogP contribution in [-0.2, 0) is 9.59 Å². The number of aliphatic carboxylic acids is 1. The highest BCUT2D eigenvalue weighted by Crippen LogP contribution is 2.38. The van der Waals surface area contributed by atoms with E-state index in [2.05, 4.69) is 5.32 Å². The van der Waals surface area contributed by atoms with E-state index in [-0.39, 0.29) is 28.9 Å². The molecular weight excluding hydrogens is 460 g/mol. The summed E-state index contributed by atoms with van der Waals surface area (Å²) in [4.78, 5) is 36.9. The van der Waals surface area contributed by atoms with Gasteiger partial charge in [-0.25, -0.2) is 17.6 Å². The van der Waals surface area contributed by atoms with Crippen LogP contribution >= 0.6 is 0 Å². The zero-order chi connectivity index (χ0) is 25.5. The molecule has 180 valence electrons. The fourth-order valence-corrected chi connectivity index (χ4v) is 3.69. The Morgan fingerprint density at radius 3 is 2.26 bits per heavy atom. The van der Waals surface area contributed by atoms with E-state index < -0.39 is 64.0 Å². The van der Waals surface area contributed by atoms with E-state index in [0.29, 0.717) is 12.1 Å². The van der Waals surface area contributed by atoms with Crippen LogP contribution < -0.4 is 5.32 Å². The first-order valence-corrected chi connectivity index (χ1v) is 10.1. The Labute approximate surface area is 190 Å². The minimum absolute atomic E-state index is 0.0115. The van der Waals surface area contributed by atoms with Crippen molar-refractivity contribution in [3.8, 4) is 5.75 Å². The number of phenols is 1. The van der Waals surface area contributed by atoms with Crippen molar-refractivity contribution in [3.63, 3.8) is 0 Å². The molecule has 7 nitrogen and oxygen atoms in total. The van der Waals surface area contributed by atoms with Gasteiger partial charge < -0.3 is 15.5 Å². The number of aromatic hydroxyl groups is 1. The lowest BCUT2D eigenvalue weighted by Crippen LogP contribution is -2.34. The molecule has 1 amide bonds. The van der Waals surface area contributed by atoms with Crippen LogP contribution in [0.3, 0.4) is 0 Å². The van der Waals surface area contributed by atoms with Crippen LogP contribution in [0.2, 0.25) is 0 Å². The third-order valence-electron chi connectivity index (χ3n) is 5.61. The Hall–Kier alpha value is -3.89. The highest BCUT2D eigenvalue weighted by Gasteiger charge is 2.31. The van der Waals surface area contributed by atoms with Crippen molar-refractivity contribution < 1.29 is 42.2 Å². The highest BCUT2D eigenvalue weighted by atomic mass is 19.2. The first-order valence-electron chi connectivity index (χ1n) is 10.1. The molecule has 0 saturated carbocycles. The van der Waals surface area contributed by atoms with Gasteiger partial charge in [-0.1, -0.05) is 6.92 Å². The molecule has 11 heteroatoms. The third-order valence-corrected chi connectivity index (χ3v) is 5.61. The van der Waals surface area contributed by atoms with Crippen molar-refractivity contribution in [2.24, 2.45) is 5.92 Å². The average molecular weight is 480 g/mol. The molecule has 0 radical (unpaired) electrons. The second kappa shape index (κ2) is 9.16. The van der Waals surface area contributed by atoms with Crippen LogP contribution in [0, 0.1) is 36.1 Å². The molecule has 3 N–H and O–H groups in total. The van der Waals surface area contributed by atoms with Crippen molar-refractivity contribution in [1.82, 2.24) is 9.88 Å². The van der Waals surface area contributed by atoms with E-state index in [1.54, 1.807) is 0 Å². The third kappa shape index (κ3) is 4.20. The van der Waals surface area contributed by atoms with E-state index in [4.69, 9.17) is 5.11 Å². The van der Waals surface area contributed by atoms with Crippen molar-refractivity contribution >= 4 is 28.7 Å². The molecule has 0 spiro atoms. The Morgan fingerprint density at radius 2 is 1.68 bits per heavy atom. The van der Waals surface area contributed by atoms with E-state index in [1.807, 2.05) is 0 Å². The summed E-state index contributed by atoms with van der Waals surface area (Å²) in [5, 5.41) is 20.8. The van der Waals surface area contributed by atoms with Crippen LogP contribution in [0.15, 0.2) is 24.3 Å². The number of aromatic nitrogens is 1. The predicted octanol–water partition coefficient (Wildman–Crippen LogP) is 3.84. The van der Waals surface area contributed by atoms with E-state index in [9.17, 15) is 32.7 Å². The van der Waals surface area contributed by atoms with Gasteiger partial charge in [0.15, 0.2) is 29.0 Å². The number of carboxylic acids is 1. The van der Waals surface area contributed by atoms with Gasteiger partial charge in [0, 0.05) is 29.3 Å². The van der Waals surface area contributed by atoms with Crippen molar-refractivity contribution in [3.05, 3.63) is 64.4 Å². The summed E-state index contributed by atoms with van der Waals surface area (Å²) in [6.07, 6.45) is 0. The number of hydrogen-bond donors (Lipinski definition) is 3. The first-order chi connectivity index (χ1) is 15.9. The maximum atomic E-state index is 15.0. The van der Waals surface area contributed by atoms with Crippen molar-refractivity contribution in [2.45, 2.75) is 26.7 Å². The van der Waals surface area contributed by atoms with Gasteiger partial charge in [0.1, 0.15) is 0 Å². The predicted molar refractivity (Wildman–Crippen MR) is 113 cm³/mol. The van der Waals surface area contributed by atoms with Crippen LogP contribution in [-0.4, -0.2) is 39.1 Å². The summed E-state index contributed by atoms with van der Waals surface area (Å²) in [7, 11) is 0. The molecule has 3 rings (SSSR count). The maximum Gasteiger partial charge on any atom is 0.308 e. The summed E-state index contributed by atoms with van der Waals surface area (Å²) in [5.41, 5.74) is -0.748. The second-order valence-electron chi connectivity index (χ2n) is 7.89. The lowest BCUT2D eigenvalue weighted by Gasteiger charge is -2.15. The summed E-state index contributed by atoms with van der Waals surface area (Å²) in [6.45, 7) is 3.83. The zero-order valence-electron chi connectivity index (χ0n) is 18.2. The fourth-order valence-electron chi connectivity index (χ4n) is 3.69. The number of amides is 1. The van der Waals surface area contributed by atoms with E-state index >= 15 is 4.39 Å². The standard InChI is InChI=1S/C23H20F4N2O5/c1-9(23(33)34)8-28-21(31)10(2)17-11(3)29(16-7-15(26)20(30)19(27)18(16)17)22(32)12-4-5-13(24)14(25)6-12/h4-7,9-10,30H,8H2,1-3H3,(H,28,31)(H,33,34). The molecule has 1 heterocycles. The molecular formula is C23H20F4N2O5. The summed E-state index contributed by atoms with van der Waals surface area (Å²) in [6, 6.07) is 3.03. The maximum absolute atomic E-state index is 15.0. The smallest absolute Gasteiger partial charge is 0.308 e. The number of fused-ring (bicyclic) bond motifs is 1. The second-order valence-corrected chi connectivity index (χ2v) is 7.89. The Balaban J connectivity index is 2.19. The lowest BCUT2D eigenvalue weighted by molar-refractivity contribution is -0.141. The van der Waals surface area contributed by atoms with Gasteiger partial charge in [0.2, 0.25) is 5.91 Å². The summed E-state index contributed by atoms with van der Waals surface area (Å²) in [5.74, 6) is -11.5. The van der Waals surface area contributed by atoms with Gasteiger partial charge in [-0.2, -0.15) is 0 Å². The Morgan fingerprint density at radius 1 is 1.03 bits per heavy atom. The molecule has 0 aliphatic carbocycles. The number of nitrogens with one attached hydrogen (secondary N) is 1. The molecule has 1 aromatic heterocycles. The topological polar surface area (TPSA) is 109 Å². The molecule has 2 unspecified atom stereocenters. The number of halogens is 4. The molecule has 0 aliphatic rings. The number of benzene rings is 2. The molecule has 0 aliphatic heterocycles. The number of carbonyl (C=O) groups excluding carboxylic acids is 2. The minimum atomic E-state index is -1.41. The van der Waals surface area contributed by atoms with Gasteiger partial charge in [0.05, 0.1) is 17.4 Å².